The topological polar surface area (TPSA) is 81.9 Å². The summed E-state index contributed by atoms with van der Waals surface area (Å²) in [5.41, 5.74) is 6.60. The van der Waals surface area contributed by atoms with Gasteiger partial charge in [0.15, 0.2) is 6.61 Å². The molecule has 2 N–H and O–H groups in total. The lowest BCUT2D eigenvalue weighted by Crippen LogP contribution is -2.34. The van der Waals surface area contributed by atoms with Crippen LogP contribution in [0.1, 0.15) is 34.8 Å². The molecule has 0 saturated carbocycles. The van der Waals surface area contributed by atoms with Crippen molar-refractivity contribution in [2.75, 3.05) is 20.3 Å². The fourth-order valence-corrected chi connectivity index (χ4v) is 3.44. The van der Waals surface area contributed by atoms with Gasteiger partial charge in [-0.2, -0.15) is 0 Å². The van der Waals surface area contributed by atoms with E-state index in [4.69, 9.17) is 26.8 Å². The average molecular weight is 389 g/mol. The van der Waals surface area contributed by atoms with Gasteiger partial charge in [0.1, 0.15) is 11.5 Å². The van der Waals surface area contributed by atoms with Gasteiger partial charge in [-0.05, 0) is 48.7 Å². The molecule has 1 atom stereocenters. The molecule has 0 spiro atoms. The molecule has 0 radical (unpaired) electrons. The first-order valence-corrected chi connectivity index (χ1v) is 9.03. The van der Waals surface area contributed by atoms with Crippen molar-refractivity contribution in [2.24, 2.45) is 5.73 Å². The number of carbonyl (C=O) groups is 2. The van der Waals surface area contributed by atoms with E-state index in [-0.39, 0.29) is 29.9 Å². The van der Waals surface area contributed by atoms with Crippen LogP contribution in [0.3, 0.4) is 0 Å². The van der Waals surface area contributed by atoms with Gasteiger partial charge in [0, 0.05) is 11.6 Å². The summed E-state index contributed by atoms with van der Waals surface area (Å²) < 4.78 is 10.8. The molecule has 2 aromatic rings. The van der Waals surface area contributed by atoms with E-state index in [0.29, 0.717) is 11.6 Å². The number of halogens is 1. The van der Waals surface area contributed by atoms with Crippen molar-refractivity contribution in [1.29, 1.82) is 0 Å². The van der Waals surface area contributed by atoms with Crippen LogP contribution in [0.2, 0.25) is 5.02 Å². The summed E-state index contributed by atoms with van der Waals surface area (Å²) in [7, 11) is 1.62. The minimum atomic E-state index is -0.633. The number of hydrogen-bond donors (Lipinski definition) is 1. The molecule has 2 amide bonds. The van der Waals surface area contributed by atoms with Crippen molar-refractivity contribution < 1.29 is 19.1 Å². The largest absolute Gasteiger partial charge is 0.497 e. The summed E-state index contributed by atoms with van der Waals surface area (Å²) in [5, 5.41) is 0.403. The minimum Gasteiger partial charge on any atom is -0.497 e. The van der Waals surface area contributed by atoms with Crippen molar-refractivity contribution >= 4 is 23.4 Å². The summed E-state index contributed by atoms with van der Waals surface area (Å²) in [6, 6.07) is 12.2. The number of rotatable bonds is 6. The van der Waals surface area contributed by atoms with Crippen LogP contribution in [-0.2, 0) is 4.79 Å². The van der Waals surface area contributed by atoms with Crippen molar-refractivity contribution in [1.82, 2.24) is 4.90 Å². The van der Waals surface area contributed by atoms with Gasteiger partial charge in [0.25, 0.3) is 11.8 Å². The maximum Gasteiger partial charge on any atom is 0.261 e. The molecule has 1 unspecified atom stereocenters. The second-order valence-electron chi connectivity index (χ2n) is 6.31. The molecule has 142 valence electrons. The fourth-order valence-electron chi connectivity index (χ4n) is 3.28. The van der Waals surface area contributed by atoms with E-state index in [1.807, 2.05) is 24.3 Å². The fraction of sp³-hybridized carbons (Fsp3) is 0.300. The van der Waals surface area contributed by atoms with Crippen molar-refractivity contribution in [2.45, 2.75) is 18.9 Å². The first-order chi connectivity index (χ1) is 13.0. The predicted octanol–water partition coefficient (Wildman–Crippen LogP) is 3.19. The molecule has 0 bridgehead atoms. The van der Waals surface area contributed by atoms with E-state index in [1.54, 1.807) is 18.1 Å². The highest BCUT2D eigenvalue weighted by Gasteiger charge is 2.30. The Kier molecular flexibility index (Phi) is 5.86. The van der Waals surface area contributed by atoms with Gasteiger partial charge in [-0.1, -0.05) is 23.7 Å². The Morgan fingerprint density at radius 3 is 2.63 bits per heavy atom. The Bertz CT molecular complexity index is 838. The summed E-state index contributed by atoms with van der Waals surface area (Å²) in [5.74, 6) is 0.205. The molecule has 3 rings (SSSR count). The maximum atomic E-state index is 12.7. The van der Waals surface area contributed by atoms with Gasteiger partial charge in [0.05, 0.1) is 18.7 Å². The van der Waals surface area contributed by atoms with Crippen LogP contribution >= 0.6 is 11.6 Å². The first-order valence-electron chi connectivity index (χ1n) is 8.65. The van der Waals surface area contributed by atoms with Crippen LogP contribution in [0.15, 0.2) is 42.5 Å². The molecule has 1 aliphatic heterocycles. The number of primary amides is 1. The van der Waals surface area contributed by atoms with E-state index >= 15 is 0 Å². The number of benzene rings is 2. The SMILES string of the molecule is COc1ccc(C2CCCN2C(=O)COc2cc(Cl)ccc2C(N)=O)cc1. The van der Waals surface area contributed by atoms with E-state index in [2.05, 4.69) is 0 Å². The van der Waals surface area contributed by atoms with Gasteiger partial charge in [-0.3, -0.25) is 9.59 Å². The summed E-state index contributed by atoms with van der Waals surface area (Å²) in [6.45, 7) is 0.477. The predicted molar refractivity (Wildman–Crippen MR) is 102 cm³/mol. The number of nitrogens with two attached hydrogens (primary N) is 1. The Labute approximate surface area is 162 Å². The van der Waals surface area contributed by atoms with Crippen LogP contribution in [-0.4, -0.2) is 37.0 Å². The second kappa shape index (κ2) is 8.31. The van der Waals surface area contributed by atoms with Gasteiger partial charge in [-0.25, -0.2) is 0 Å². The minimum absolute atomic E-state index is 0.00183. The lowest BCUT2D eigenvalue weighted by Gasteiger charge is -2.25. The molecular weight excluding hydrogens is 368 g/mol. The normalized spacial score (nSPS) is 16.2. The number of likely N-dealkylation sites (tertiary alicyclic amines) is 1. The number of hydrogen-bond acceptors (Lipinski definition) is 4. The van der Waals surface area contributed by atoms with E-state index in [9.17, 15) is 9.59 Å². The average Bonchev–Trinajstić information content (AvgIpc) is 3.16. The zero-order chi connectivity index (χ0) is 19.4. The Hall–Kier alpha value is -2.73. The highest BCUT2D eigenvalue weighted by molar-refractivity contribution is 6.30. The third kappa shape index (κ3) is 4.34. The standard InChI is InChI=1S/C20H21ClN2O4/c1-26-15-7-4-13(5-8-15)17-3-2-10-23(17)19(24)12-27-18-11-14(21)6-9-16(18)20(22)25/h4-9,11,17H,2-3,10,12H2,1H3,(H2,22,25). The summed E-state index contributed by atoms with van der Waals surface area (Å²) in [6.07, 6.45) is 1.81. The Morgan fingerprint density at radius 1 is 1.22 bits per heavy atom. The number of carbonyl (C=O) groups excluding carboxylic acids is 2. The number of ether oxygens (including phenoxy) is 2. The van der Waals surface area contributed by atoms with E-state index < -0.39 is 5.91 Å². The summed E-state index contributed by atoms with van der Waals surface area (Å²) >= 11 is 5.95. The lowest BCUT2D eigenvalue weighted by molar-refractivity contribution is -0.134. The molecule has 7 heteroatoms. The highest BCUT2D eigenvalue weighted by Crippen LogP contribution is 2.33. The van der Waals surface area contributed by atoms with Crippen LogP contribution in [0.5, 0.6) is 11.5 Å². The van der Waals surface area contributed by atoms with E-state index in [1.165, 1.54) is 12.1 Å². The molecule has 0 aliphatic carbocycles. The quantitative estimate of drug-likeness (QED) is 0.823. The van der Waals surface area contributed by atoms with Crippen LogP contribution in [0.25, 0.3) is 0 Å². The Morgan fingerprint density at radius 2 is 1.96 bits per heavy atom. The van der Waals surface area contributed by atoms with Gasteiger partial charge in [-0.15, -0.1) is 0 Å². The van der Waals surface area contributed by atoms with Crippen LogP contribution in [0, 0.1) is 0 Å². The van der Waals surface area contributed by atoms with Crippen molar-refractivity contribution in [3.05, 3.63) is 58.6 Å². The van der Waals surface area contributed by atoms with Crippen molar-refractivity contribution in [3.8, 4) is 11.5 Å². The molecule has 1 aliphatic rings. The molecule has 1 fully saturated rings. The second-order valence-corrected chi connectivity index (χ2v) is 6.75. The first kappa shape index (κ1) is 19.0. The Balaban J connectivity index is 1.70. The van der Waals surface area contributed by atoms with Gasteiger partial charge < -0.3 is 20.1 Å². The van der Waals surface area contributed by atoms with Crippen LogP contribution in [0.4, 0.5) is 0 Å². The van der Waals surface area contributed by atoms with Crippen LogP contribution < -0.4 is 15.2 Å². The van der Waals surface area contributed by atoms with E-state index in [0.717, 1.165) is 24.2 Å². The molecule has 6 nitrogen and oxygen atoms in total. The zero-order valence-electron chi connectivity index (χ0n) is 15.0. The lowest BCUT2D eigenvalue weighted by atomic mass is 10.0. The zero-order valence-corrected chi connectivity index (χ0v) is 15.7. The number of amides is 2. The molecule has 27 heavy (non-hydrogen) atoms. The molecular formula is C20H21ClN2O4. The third-order valence-corrected chi connectivity index (χ3v) is 4.87. The number of methoxy groups -OCH3 is 1. The molecule has 0 aromatic heterocycles. The van der Waals surface area contributed by atoms with Crippen molar-refractivity contribution in [3.63, 3.8) is 0 Å². The summed E-state index contributed by atoms with van der Waals surface area (Å²) in [4.78, 5) is 26.0. The highest BCUT2D eigenvalue weighted by atomic mass is 35.5. The molecule has 2 aromatic carbocycles. The monoisotopic (exact) mass is 388 g/mol. The molecule has 1 saturated heterocycles. The maximum absolute atomic E-state index is 12.7. The number of nitrogens with zero attached hydrogens (tertiary/aromatic N) is 1. The smallest absolute Gasteiger partial charge is 0.261 e. The molecule has 1 heterocycles. The van der Waals surface area contributed by atoms with Gasteiger partial charge in [0.2, 0.25) is 0 Å². The van der Waals surface area contributed by atoms with Gasteiger partial charge >= 0.3 is 0 Å². The third-order valence-electron chi connectivity index (χ3n) is 4.63.